The third-order valence-electron chi connectivity index (χ3n) is 6.22. The highest BCUT2D eigenvalue weighted by molar-refractivity contribution is 5.95. The summed E-state index contributed by atoms with van der Waals surface area (Å²) in [5.74, 6) is -4.95. The second-order valence-electron chi connectivity index (χ2n) is 9.39. The number of hydrogen-bond donors (Lipinski definition) is 1. The second kappa shape index (κ2) is 10.6. The van der Waals surface area contributed by atoms with E-state index in [9.17, 15) is 28.0 Å². The lowest BCUT2D eigenvalue weighted by molar-refractivity contribution is -0.605. The number of hydrogen-bond acceptors (Lipinski definition) is 7. The molecule has 1 saturated heterocycles. The molecular weight excluding hydrogens is 505 g/mol. The Morgan fingerprint density at radius 3 is 2.39 bits per heavy atom. The summed E-state index contributed by atoms with van der Waals surface area (Å²) in [5.41, 5.74) is -0.191. The lowest BCUT2D eigenvalue weighted by atomic mass is 9.96. The van der Waals surface area contributed by atoms with Crippen LogP contribution in [0.4, 0.5) is 19.0 Å². The van der Waals surface area contributed by atoms with E-state index in [4.69, 9.17) is 4.74 Å². The summed E-state index contributed by atoms with van der Waals surface area (Å²) in [5, 5.41) is 13.9. The van der Waals surface area contributed by atoms with E-state index in [0.29, 0.717) is 42.1 Å². The van der Waals surface area contributed by atoms with Crippen molar-refractivity contribution in [2.24, 2.45) is 0 Å². The molecule has 1 fully saturated rings. The van der Waals surface area contributed by atoms with E-state index in [2.05, 4.69) is 15.3 Å². The Labute approximate surface area is 216 Å². The number of piperazine rings is 1. The molecule has 0 aliphatic carbocycles. The van der Waals surface area contributed by atoms with Crippen LogP contribution in [0.2, 0.25) is 0 Å². The Hall–Kier alpha value is -4.26. The molecule has 38 heavy (non-hydrogen) atoms. The maximum atomic E-state index is 13.8. The van der Waals surface area contributed by atoms with Gasteiger partial charge in [-0.05, 0) is 20.8 Å². The van der Waals surface area contributed by atoms with E-state index in [1.54, 1.807) is 11.8 Å². The number of aromatic nitrogens is 3. The molecule has 0 bridgehead atoms. The molecule has 0 saturated carbocycles. The minimum absolute atomic E-state index is 0.104. The minimum atomic E-state index is -1.35. The quantitative estimate of drug-likeness (QED) is 0.296. The zero-order chi connectivity index (χ0) is 27.6. The molecule has 2 amide bonds. The number of ether oxygens (including phenoxy) is 1. The number of carbonyl (C=O) groups excluding carboxylic acids is 2. The molecule has 3 aromatic rings. The first kappa shape index (κ1) is 26.8. The zero-order valence-electron chi connectivity index (χ0n) is 20.8. The van der Waals surface area contributed by atoms with Gasteiger partial charge in [-0.25, -0.2) is 23.1 Å². The van der Waals surface area contributed by atoms with Crippen molar-refractivity contribution in [1.29, 1.82) is 0 Å². The predicted octanol–water partition coefficient (Wildman–Crippen LogP) is 2.88. The van der Waals surface area contributed by atoms with Crippen LogP contribution in [-0.4, -0.2) is 62.8 Å². The molecule has 200 valence electrons. The van der Waals surface area contributed by atoms with E-state index in [1.165, 1.54) is 30.7 Å². The van der Waals surface area contributed by atoms with Crippen LogP contribution in [0.3, 0.4) is 0 Å². The second-order valence-corrected chi connectivity index (χ2v) is 9.39. The Kier molecular flexibility index (Phi) is 7.49. The van der Waals surface area contributed by atoms with E-state index in [0.717, 1.165) is 6.20 Å². The molecule has 4 rings (SSSR count). The van der Waals surface area contributed by atoms with E-state index in [1.807, 2.05) is 18.7 Å². The molecule has 1 aromatic carbocycles. The summed E-state index contributed by atoms with van der Waals surface area (Å²) in [7, 11) is 0. The summed E-state index contributed by atoms with van der Waals surface area (Å²) < 4.78 is 45.9. The first-order valence-corrected chi connectivity index (χ1v) is 11.6. The largest absolute Gasteiger partial charge is 0.619 e. The van der Waals surface area contributed by atoms with E-state index < -0.39 is 34.8 Å². The number of carbonyl (C=O) groups is 2. The molecule has 0 radical (unpaired) electrons. The lowest BCUT2D eigenvalue weighted by Crippen LogP contribution is -2.63. The molecule has 0 unspecified atom stereocenters. The van der Waals surface area contributed by atoms with E-state index >= 15 is 0 Å². The number of rotatable bonds is 6. The monoisotopic (exact) mass is 530 g/mol. The Balaban J connectivity index is 1.35. The standard InChI is InChI=1S/C25H25F3N6O4/c1-15(32-8-9-34(25(2,3)14-32)24(36)16-4-6-33(37)7-5-16)23(35)31-21-12-30-22(13-29-21)38-20-11-18(27)17(26)10-19(20)28/h4-7,10-13,15H,8-9,14H2,1-3H3,(H,29,31,35)/t15-/m1/s1. The molecule has 1 aliphatic rings. The van der Waals surface area contributed by atoms with Crippen LogP contribution in [-0.2, 0) is 4.79 Å². The van der Waals surface area contributed by atoms with Crippen LogP contribution in [0.1, 0.15) is 31.1 Å². The van der Waals surface area contributed by atoms with Gasteiger partial charge in [-0.3, -0.25) is 14.5 Å². The molecule has 3 heterocycles. The molecule has 1 aliphatic heterocycles. The van der Waals surface area contributed by atoms with Crippen molar-refractivity contribution in [2.75, 3.05) is 25.0 Å². The normalized spacial score (nSPS) is 16.1. The van der Waals surface area contributed by atoms with Gasteiger partial charge in [0.15, 0.2) is 41.4 Å². The van der Waals surface area contributed by atoms with Crippen LogP contribution >= 0.6 is 0 Å². The van der Waals surface area contributed by atoms with Gasteiger partial charge < -0.3 is 20.2 Å². The Morgan fingerprint density at radius 2 is 1.76 bits per heavy atom. The third kappa shape index (κ3) is 5.83. The number of anilines is 1. The first-order valence-electron chi connectivity index (χ1n) is 11.6. The van der Waals surface area contributed by atoms with Gasteiger partial charge in [-0.2, -0.15) is 4.73 Å². The summed E-state index contributed by atoms with van der Waals surface area (Å²) >= 11 is 0. The number of pyridine rings is 1. The zero-order valence-corrected chi connectivity index (χ0v) is 20.8. The number of halogens is 3. The lowest BCUT2D eigenvalue weighted by Gasteiger charge is -2.48. The molecule has 13 heteroatoms. The van der Waals surface area contributed by atoms with Crippen LogP contribution < -0.4 is 14.8 Å². The average molecular weight is 531 g/mol. The topological polar surface area (TPSA) is 115 Å². The summed E-state index contributed by atoms with van der Waals surface area (Å²) in [6.45, 7) is 6.76. The fraction of sp³-hybridized carbons (Fsp3) is 0.320. The maximum absolute atomic E-state index is 13.8. The summed E-state index contributed by atoms with van der Waals surface area (Å²) in [4.78, 5) is 37.5. The molecule has 0 spiro atoms. The third-order valence-corrected chi connectivity index (χ3v) is 6.22. The van der Waals surface area contributed by atoms with Crippen molar-refractivity contribution in [3.8, 4) is 11.6 Å². The van der Waals surface area contributed by atoms with Gasteiger partial charge >= 0.3 is 0 Å². The average Bonchev–Trinajstić information content (AvgIpc) is 2.87. The summed E-state index contributed by atoms with van der Waals surface area (Å²) in [6.07, 6.45) is 4.83. The molecule has 1 N–H and O–H groups in total. The van der Waals surface area contributed by atoms with Crippen LogP contribution in [0.5, 0.6) is 11.6 Å². The van der Waals surface area contributed by atoms with Crippen molar-refractivity contribution in [1.82, 2.24) is 19.8 Å². The highest BCUT2D eigenvalue weighted by Gasteiger charge is 2.39. The number of amides is 2. The Morgan fingerprint density at radius 1 is 1.08 bits per heavy atom. The highest BCUT2D eigenvalue weighted by atomic mass is 19.2. The molecule has 2 aromatic heterocycles. The van der Waals surface area contributed by atoms with Gasteiger partial charge in [0.1, 0.15) is 0 Å². The SMILES string of the molecule is C[C@H](C(=O)Nc1cnc(Oc2cc(F)c(F)cc2F)cn1)N1CCN(C(=O)c2cc[n+]([O-])cc2)C(C)(C)C1. The van der Waals surface area contributed by atoms with Gasteiger partial charge in [0.05, 0.1) is 29.5 Å². The number of nitrogens with one attached hydrogen (secondary N) is 1. The molecule has 10 nitrogen and oxygen atoms in total. The maximum Gasteiger partial charge on any atom is 0.254 e. The van der Waals surface area contributed by atoms with Crippen molar-refractivity contribution in [2.45, 2.75) is 32.4 Å². The van der Waals surface area contributed by atoms with Crippen LogP contribution in [0, 0.1) is 22.7 Å². The van der Waals surface area contributed by atoms with Gasteiger partial charge in [0.2, 0.25) is 11.8 Å². The molecular formula is C25H25F3N6O4. The van der Waals surface area contributed by atoms with Gasteiger partial charge in [-0.1, -0.05) is 0 Å². The summed E-state index contributed by atoms with van der Waals surface area (Å²) in [6, 6.07) is 3.28. The first-order chi connectivity index (χ1) is 17.9. The van der Waals surface area contributed by atoms with Crippen molar-refractivity contribution in [3.63, 3.8) is 0 Å². The fourth-order valence-corrected chi connectivity index (χ4v) is 4.14. The number of benzene rings is 1. The van der Waals surface area contributed by atoms with Crippen LogP contribution in [0.15, 0.2) is 49.1 Å². The Bertz CT molecular complexity index is 1340. The van der Waals surface area contributed by atoms with Crippen molar-refractivity contribution >= 4 is 17.6 Å². The van der Waals surface area contributed by atoms with Gasteiger partial charge in [0.25, 0.3) is 5.91 Å². The minimum Gasteiger partial charge on any atom is -0.619 e. The van der Waals surface area contributed by atoms with Gasteiger partial charge in [0, 0.05) is 43.9 Å². The predicted molar refractivity (Wildman–Crippen MR) is 129 cm³/mol. The van der Waals surface area contributed by atoms with Crippen LogP contribution in [0.25, 0.3) is 0 Å². The van der Waals surface area contributed by atoms with Gasteiger partial charge in [-0.15, -0.1) is 0 Å². The van der Waals surface area contributed by atoms with Crippen molar-refractivity contribution < 1.29 is 32.2 Å². The van der Waals surface area contributed by atoms with E-state index in [-0.39, 0.29) is 23.5 Å². The van der Waals surface area contributed by atoms with Crippen molar-refractivity contribution in [3.05, 3.63) is 77.3 Å². The number of nitrogens with zero attached hydrogens (tertiary/aromatic N) is 5. The highest BCUT2D eigenvalue weighted by Crippen LogP contribution is 2.26. The fourth-order valence-electron chi connectivity index (χ4n) is 4.14. The molecule has 1 atom stereocenters. The smallest absolute Gasteiger partial charge is 0.254 e.